The molecule has 0 aliphatic heterocycles. The third kappa shape index (κ3) is 4.98. The fourth-order valence-corrected chi connectivity index (χ4v) is 9.20. The monoisotopic (exact) mass is 673 g/mol. The molecule has 10 aromatic rings. The molecule has 3 aromatic heterocycles. The molecule has 0 fully saturated rings. The van der Waals surface area contributed by atoms with Gasteiger partial charge in [-0.3, -0.25) is 0 Å². The highest BCUT2D eigenvalue weighted by Gasteiger charge is 2.18. The Bertz CT molecular complexity index is 2850. The second-order valence-corrected chi connectivity index (χ2v) is 14.6. The van der Waals surface area contributed by atoms with E-state index < -0.39 is 0 Å². The molecule has 0 saturated heterocycles. The summed E-state index contributed by atoms with van der Waals surface area (Å²) in [5.74, 6) is 2.02. The minimum Gasteiger partial charge on any atom is -0.208 e. The molecule has 0 aliphatic carbocycles. The van der Waals surface area contributed by atoms with Crippen LogP contribution in [0.25, 0.3) is 96.8 Å². The molecule has 0 radical (unpaired) electrons. The maximum atomic E-state index is 5.18. The molecule has 0 saturated carbocycles. The minimum atomic E-state index is 0.666. The third-order valence-corrected chi connectivity index (χ3v) is 11.6. The maximum absolute atomic E-state index is 5.18. The molecular formula is C45H27N3S2. The van der Waals surface area contributed by atoms with Gasteiger partial charge in [0.1, 0.15) is 0 Å². The number of thiophene rings is 2. The number of rotatable bonds is 5. The first-order valence-electron chi connectivity index (χ1n) is 16.6. The van der Waals surface area contributed by atoms with E-state index in [2.05, 4.69) is 146 Å². The largest absolute Gasteiger partial charge is 0.208 e. The predicted octanol–water partition coefficient (Wildman–Crippen LogP) is 12.9. The van der Waals surface area contributed by atoms with Crippen molar-refractivity contribution in [3.05, 3.63) is 164 Å². The van der Waals surface area contributed by atoms with Crippen LogP contribution in [-0.4, -0.2) is 15.0 Å². The minimum absolute atomic E-state index is 0.666. The Balaban J connectivity index is 1.10. The van der Waals surface area contributed by atoms with E-state index in [0.29, 0.717) is 17.5 Å². The predicted molar refractivity (Wildman–Crippen MR) is 213 cm³/mol. The van der Waals surface area contributed by atoms with E-state index in [-0.39, 0.29) is 0 Å². The first kappa shape index (κ1) is 29.0. The van der Waals surface area contributed by atoms with E-state index in [4.69, 9.17) is 15.0 Å². The summed E-state index contributed by atoms with van der Waals surface area (Å²) in [5, 5.41) is 4.92. The smallest absolute Gasteiger partial charge is 0.164 e. The van der Waals surface area contributed by atoms with Crippen molar-refractivity contribution in [2.75, 3.05) is 0 Å². The molecule has 7 aromatic carbocycles. The highest BCUT2D eigenvalue weighted by Crippen LogP contribution is 2.42. The summed E-state index contributed by atoms with van der Waals surface area (Å²) >= 11 is 3.62. The van der Waals surface area contributed by atoms with Gasteiger partial charge in [-0.05, 0) is 46.5 Å². The lowest BCUT2D eigenvalue weighted by atomic mass is 9.99. The number of fused-ring (bicyclic) bond motifs is 6. The van der Waals surface area contributed by atoms with Gasteiger partial charge in [0.25, 0.3) is 0 Å². The summed E-state index contributed by atoms with van der Waals surface area (Å²) in [7, 11) is 0. The topological polar surface area (TPSA) is 38.7 Å². The van der Waals surface area contributed by atoms with Gasteiger partial charge in [-0.2, -0.15) is 0 Å². The highest BCUT2D eigenvalue weighted by molar-refractivity contribution is 7.26. The molecule has 234 valence electrons. The molecule has 3 nitrogen and oxygen atoms in total. The van der Waals surface area contributed by atoms with Crippen LogP contribution >= 0.6 is 22.7 Å². The van der Waals surface area contributed by atoms with Crippen LogP contribution < -0.4 is 0 Å². The zero-order chi connectivity index (χ0) is 33.0. The summed E-state index contributed by atoms with van der Waals surface area (Å²) in [5.41, 5.74) is 7.81. The van der Waals surface area contributed by atoms with Gasteiger partial charge in [-0.25, -0.2) is 15.0 Å². The fourth-order valence-electron chi connectivity index (χ4n) is 6.88. The van der Waals surface area contributed by atoms with Crippen molar-refractivity contribution < 1.29 is 0 Å². The molecule has 0 atom stereocenters. The average Bonchev–Trinajstić information content (AvgIpc) is 3.76. The molecule has 5 heteroatoms. The van der Waals surface area contributed by atoms with Crippen molar-refractivity contribution in [1.29, 1.82) is 0 Å². The van der Waals surface area contributed by atoms with Gasteiger partial charge >= 0.3 is 0 Å². The third-order valence-electron chi connectivity index (χ3n) is 9.37. The molecule has 0 aliphatic rings. The number of hydrogen-bond acceptors (Lipinski definition) is 5. The quantitative estimate of drug-likeness (QED) is 0.182. The lowest BCUT2D eigenvalue weighted by Gasteiger charge is -2.10. The number of hydrogen-bond donors (Lipinski definition) is 0. The standard InChI is InChI=1S/C45H27N3S2/c1-3-10-28(11-4-1)29-18-20-30(21-19-29)32-22-25-36-41(26-32)50-39-17-9-15-37(42(36)39)45-47-43(31-12-5-2-6-13-31)46-44(48-45)33-23-24-35-34-14-7-8-16-38(34)49-40(35)27-33/h1-27H. The van der Waals surface area contributed by atoms with Crippen molar-refractivity contribution in [2.45, 2.75) is 0 Å². The maximum Gasteiger partial charge on any atom is 0.164 e. The summed E-state index contributed by atoms with van der Waals surface area (Å²) in [6.45, 7) is 0. The lowest BCUT2D eigenvalue weighted by molar-refractivity contribution is 1.08. The normalized spacial score (nSPS) is 11.6. The zero-order valence-corrected chi connectivity index (χ0v) is 28.4. The van der Waals surface area contributed by atoms with Crippen LogP contribution in [0.15, 0.2) is 164 Å². The first-order chi connectivity index (χ1) is 24.7. The Hall–Kier alpha value is -6.01. The molecule has 3 heterocycles. The molecule has 0 bridgehead atoms. The molecule has 50 heavy (non-hydrogen) atoms. The van der Waals surface area contributed by atoms with Gasteiger partial charge in [0.15, 0.2) is 17.5 Å². The summed E-state index contributed by atoms with van der Waals surface area (Å²) in [4.78, 5) is 15.3. The number of benzene rings is 7. The summed E-state index contributed by atoms with van der Waals surface area (Å²) < 4.78 is 4.96. The van der Waals surface area contributed by atoms with Crippen LogP contribution in [0.4, 0.5) is 0 Å². The Kier molecular flexibility index (Phi) is 6.86. The van der Waals surface area contributed by atoms with E-state index in [0.717, 1.165) is 16.7 Å². The molecule has 0 spiro atoms. The van der Waals surface area contributed by atoms with Gasteiger partial charge in [-0.1, -0.05) is 140 Å². The van der Waals surface area contributed by atoms with Crippen LogP contribution in [0, 0.1) is 0 Å². The van der Waals surface area contributed by atoms with E-state index >= 15 is 0 Å². The van der Waals surface area contributed by atoms with Gasteiger partial charge in [0.2, 0.25) is 0 Å². The summed E-state index contributed by atoms with van der Waals surface area (Å²) in [6.07, 6.45) is 0. The second-order valence-electron chi connectivity index (χ2n) is 12.4. The lowest BCUT2D eigenvalue weighted by Crippen LogP contribution is -2.00. The van der Waals surface area contributed by atoms with E-state index in [1.807, 2.05) is 29.5 Å². The van der Waals surface area contributed by atoms with Gasteiger partial charge in [0.05, 0.1) is 0 Å². The van der Waals surface area contributed by atoms with Crippen molar-refractivity contribution in [3.8, 4) is 56.4 Å². The molecular weight excluding hydrogens is 647 g/mol. The zero-order valence-electron chi connectivity index (χ0n) is 26.7. The van der Waals surface area contributed by atoms with E-state index in [1.54, 1.807) is 11.3 Å². The molecule has 0 amide bonds. The molecule has 10 rings (SSSR count). The van der Waals surface area contributed by atoms with Crippen molar-refractivity contribution >= 4 is 63.0 Å². The Morgan fingerprint density at radius 2 is 0.800 bits per heavy atom. The van der Waals surface area contributed by atoms with Crippen molar-refractivity contribution in [3.63, 3.8) is 0 Å². The van der Waals surface area contributed by atoms with Gasteiger partial charge in [-0.15, -0.1) is 22.7 Å². The summed E-state index contributed by atoms with van der Waals surface area (Å²) in [6, 6.07) is 58.0. The van der Waals surface area contributed by atoms with Crippen molar-refractivity contribution in [2.24, 2.45) is 0 Å². The van der Waals surface area contributed by atoms with Crippen LogP contribution in [0.5, 0.6) is 0 Å². The van der Waals surface area contributed by atoms with Gasteiger partial charge in [0, 0.05) is 57.0 Å². The van der Waals surface area contributed by atoms with Crippen LogP contribution in [-0.2, 0) is 0 Å². The first-order valence-corrected chi connectivity index (χ1v) is 18.2. The van der Waals surface area contributed by atoms with Crippen LogP contribution in [0.2, 0.25) is 0 Å². The number of aromatic nitrogens is 3. The second kappa shape index (κ2) is 11.8. The van der Waals surface area contributed by atoms with E-state index in [1.165, 1.54) is 62.6 Å². The van der Waals surface area contributed by atoms with Crippen LogP contribution in [0.1, 0.15) is 0 Å². The van der Waals surface area contributed by atoms with Gasteiger partial charge < -0.3 is 0 Å². The SMILES string of the molecule is c1ccc(-c2ccc(-c3ccc4c(c3)sc3cccc(-c5nc(-c6ccccc6)nc(-c6ccc7c(c6)sc6ccccc67)n5)c34)cc2)cc1. The average molecular weight is 674 g/mol. The Morgan fingerprint density at radius 3 is 1.60 bits per heavy atom. The Labute approximate surface area is 296 Å². The fraction of sp³-hybridized carbons (Fsp3) is 0. The number of nitrogens with zero attached hydrogens (tertiary/aromatic N) is 3. The highest BCUT2D eigenvalue weighted by atomic mass is 32.1. The Morgan fingerprint density at radius 1 is 0.300 bits per heavy atom. The van der Waals surface area contributed by atoms with Crippen molar-refractivity contribution in [1.82, 2.24) is 15.0 Å². The van der Waals surface area contributed by atoms with Crippen LogP contribution in [0.3, 0.4) is 0 Å². The van der Waals surface area contributed by atoms with E-state index in [9.17, 15) is 0 Å². The molecule has 0 N–H and O–H groups in total. The molecule has 0 unspecified atom stereocenters.